The Kier molecular flexibility index (Phi) is 6.29. The number of nitrogens with zero attached hydrogens (tertiary/aromatic N) is 1. The maximum atomic E-state index is 2.50. The van der Waals surface area contributed by atoms with Gasteiger partial charge in [-0.3, -0.25) is 0 Å². The lowest BCUT2D eigenvalue weighted by molar-refractivity contribution is 0.660. The van der Waals surface area contributed by atoms with Crippen LogP contribution in [-0.4, -0.2) is 0 Å². The molecule has 8 aromatic rings. The third-order valence-electron chi connectivity index (χ3n) is 12.3. The zero-order valence-corrected chi connectivity index (χ0v) is 29.8. The first kappa shape index (κ1) is 30.2. The first-order valence-corrected chi connectivity index (χ1v) is 18.7. The number of hydrogen-bond donors (Lipinski definition) is 0. The van der Waals surface area contributed by atoms with Gasteiger partial charge in [-0.25, -0.2) is 0 Å². The van der Waals surface area contributed by atoms with Crippen LogP contribution >= 0.6 is 0 Å². The number of hydrogen-bond acceptors (Lipinski definition) is 1. The molecule has 1 spiro atoms. The first-order chi connectivity index (χ1) is 26.0. The van der Waals surface area contributed by atoms with E-state index in [9.17, 15) is 0 Å². The summed E-state index contributed by atoms with van der Waals surface area (Å²) in [6.45, 7) is 4.73. The Morgan fingerprint density at radius 3 is 1.36 bits per heavy atom. The van der Waals surface area contributed by atoms with Crippen molar-refractivity contribution in [3.05, 3.63) is 221 Å². The Bertz CT molecular complexity index is 2740. The molecule has 3 aliphatic carbocycles. The van der Waals surface area contributed by atoms with Crippen LogP contribution in [0.15, 0.2) is 188 Å². The molecule has 0 amide bonds. The van der Waals surface area contributed by atoms with Crippen LogP contribution in [0.3, 0.4) is 0 Å². The van der Waals surface area contributed by atoms with Gasteiger partial charge >= 0.3 is 0 Å². The molecule has 1 unspecified atom stereocenters. The van der Waals surface area contributed by atoms with Crippen LogP contribution in [0.1, 0.15) is 47.2 Å². The summed E-state index contributed by atoms with van der Waals surface area (Å²) in [6, 6.07) is 70.2. The summed E-state index contributed by atoms with van der Waals surface area (Å²) in [6.07, 6.45) is 0. The van der Waals surface area contributed by atoms with Gasteiger partial charge in [0.15, 0.2) is 0 Å². The van der Waals surface area contributed by atoms with E-state index in [2.05, 4.69) is 207 Å². The van der Waals surface area contributed by atoms with Gasteiger partial charge in [0.2, 0.25) is 0 Å². The molecular weight excluding hydrogens is 639 g/mol. The Morgan fingerprint density at radius 1 is 0.302 bits per heavy atom. The maximum absolute atomic E-state index is 2.50. The van der Waals surface area contributed by atoms with Gasteiger partial charge in [0.25, 0.3) is 0 Å². The van der Waals surface area contributed by atoms with E-state index in [0.717, 1.165) is 11.4 Å². The van der Waals surface area contributed by atoms with Gasteiger partial charge in [-0.05, 0) is 120 Å². The second-order valence-corrected chi connectivity index (χ2v) is 15.3. The average Bonchev–Trinajstić information content (AvgIpc) is 3.77. The van der Waals surface area contributed by atoms with Crippen molar-refractivity contribution < 1.29 is 0 Å². The normalized spacial score (nSPS) is 16.3. The van der Waals surface area contributed by atoms with Crippen LogP contribution in [0, 0.1) is 0 Å². The molecule has 0 heterocycles. The lowest BCUT2D eigenvalue weighted by atomic mass is 9.70. The van der Waals surface area contributed by atoms with Crippen LogP contribution < -0.4 is 4.90 Å². The zero-order valence-electron chi connectivity index (χ0n) is 29.8. The highest BCUT2D eigenvalue weighted by Crippen LogP contribution is 2.64. The first-order valence-electron chi connectivity index (χ1n) is 18.7. The molecule has 0 saturated heterocycles. The highest BCUT2D eigenvalue weighted by Gasteiger charge is 2.52. The SMILES string of the molecule is CC1(C)c2ccccc2-c2ccc(N(c3ccccc3)c3ccc4c(c3)C3(c5ccccc5-c5ccc(-c6ccccc6)cc53)c3ccccc3-4)cc21. The quantitative estimate of drug-likeness (QED) is 0.179. The highest BCUT2D eigenvalue weighted by molar-refractivity contribution is 5.97. The molecule has 0 fully saturated rings. The van der Waals surface area contributed by atoms with Gasteiger partial charge < -0.3 is 4.90 Å². The molecule has 1 atom stereocenters. The Hall–Kier alpha value is -6.44. The van der Waals surface area contributed by atoms with Gasteiger partial charge in [0.05, 0.1) is 5.41 Å². The van der Waals surface area contributed by atoms with Crippen molar-refractivity contribution in [3.8, 4) is 44.5 Å². The van der Waals surface area contributed by atoms with E-state index in [1.807, 2.05) is 0 Å². The molecule has 1 heteroatoms. The summed E-state index contributed by atoms with van der Waals surface area (Å²) < 4.78 is 0. The minimum absolute atomic E-state index is 0.0956. The maximum Gasteiger partial charge on any atom is 0.0726 e. The third-order valence-corrected chi connectivity index (χ3v) is 12.3. The summed E-state index contributed by atoms with van der Waals surface area (Å²) in [5.41, 5.74) is 21.5. The number of para-hydroxylation sites is 1. The fourth-order valence-electron chi connectivity index (χ4n) is 9.93. The van der Waals surface area contributed by atoms with Crippen molar-refractivity contribution in [2.24, 2.45) is 0 Å². The van der Waals surface area contributed by atoms with Gasteiger partial charge in [-0.15, -0.1) is 0 Å². The van der Waals surface area contributed by atoms with Crippen molar-refractivity contribution in [1.29, 1.82) is 0 Å². The number of benzene rings is 8. The van der Waals surface area contributed by atoms with E-state index in [-0.39, 0.29) is 5.41 Å². The van der Waals surface area contributed by atoms with Gasteiger partial charge in [-0.1, -0.05) is 159 Å². The van der Waals surface area contributed by atoms with E-state index in [0.29, 0.717) is 0 Å². The Morgan fingerprint density at radius 2 is 0.736 bits per heavy atom. The van der Waals surface area contributed by atoms with Crippen molar-refractivity contribution in [1.82, 2.24) is 0 Å². The Labute approximate surface area is 311 Å². The zero-order chi connectivity index (χ0) is 35.3. The van der Waals surface area contributed by atoms with Crippen molar-refractivity contribution in [3.63, 3.8) is 0 Å². The van der Waals surface area contributed by atoms with E-state index in [1.54, 1.807) is 0 Å². The lowest BCUT2D eigenvalue weighted by Gasteiger charge is -2.32. The molecule has 0 bridgehead atoms. The molecule has 8 aromatic carbocycles. The smallest absolute Gasteiger partial charge is 0.0726 e. The molecule has 1 nitrogen and oxygen atoms in total. The predicted octanol–water partition coefficient (Wildman–Crippen LogP) is 13.5. The van der Waals surface area contributed by atoms with Crippen LogP contribution in [0.2, 0.25) is 0 Å². The van der Waals surface area contributed by atoms with E-state index < -0.39 is 5.41 Å². The van der Waals surface area contributed by atoms with Gasteiger partial charge in [0, 0.05) is 22.5 Å². The largest absolute Gasteiger partial charge is 0.310 e. The van der Waals surface area contributed by atoms with Crippen molar-refractivity contribution in [2.45, 2.75) is 24.7 Å². The number of fused-ring (bicyclic) bond motifs is 13. The molecule has 3 aliphatic rings. The minimum atomic E-state index is -0.456. The Balaban J connectivity index is 1.17. The molecule has 0 radical (unpaired) electrons. The predicted molar refractivity (Wildman–Crippen MR) is 220 cm³/mol. The summed E-state index contributed by atoms with van der Waals surface area (Å²) in [4.78, 5) is 2.46. The van der Waals surface area contributed by atoms with Crippen LogP contribution in [-0.2, 0) is 10.8 Å². The third kappa shape index (κ3) is 4.08. The summed E-state index contributed by atoms with van der Waals surface area (Å²) in [7, 11) is 0. The van der Waals surface area contributed by atoms with E-state index in [4.69, 9.17) is 0 Å². The van der Waals surface area contributed by atoms with E-state index in [1.165, 1.54) is 83.6 Å². The summed E-state index contributed by atoms with van der Waals surface area (Å²) in [5.74, 6) is 0. The van der Waals surface area contributed by atoms with Crippen LogP contribution in [0.4, 0.5) is 17.1 Å². The molecule has 0 N–H and O–H groups in total. The van der Waals surface area contributed by atoms with Gasteiger partial charge in [0.1, 0.15) is 0 Å². The standard InChI is InChI=1S/C52H37N/c1-51(2)45-22-12-9-19-39(45)42-29-26-37(32-48(42)51)53(36-17-7-4-8-18-36)38-27-30-44-41-21-11-14-24-47(41)52(50(44)33-38)46-23-13-10-20-40(46)43-28-25-35(31-49(43)52)34-15-5-3-6-16-34/h3-33H,1-2H3. The van der Waals surface area contributed by atoms with Crippen molar-refractivity contribution >= 4 is 17.1 Å². The van der Waals surface area contributed by atoms with Crippen LogP contribution in [0.25, 0.3) is 44.5 Å². The van der Waals surface area contributed by atoms with Crippen LogP contribution in [0.5, 0.6) is 0 Å². The topological polar surface area (TPSA) is 3.24 Å². The highest BCUT2D eigenvalue weighted by atomic mass is 15.1. The molecular formula is C52H37N. The number of anilines is 3. The fraction of sp³-hybridized carbons (Fsp3) is 0.0769. The van der Waals surface area contributed by atoms with Crippen molar-refractivity contribution in [2.75, 3.05) is 4.90 Å². The molecule has 250 valence electrons. The minimum Gasteiger partial charge on any atom is -0.310 e. The molecule has 0 saturated carbocycles. The van der Waals surface area contributed by atoms with E-state index >= 15 is 0 Å². The molecule has 0 aromatic heterocycles. The fourth-order valence-corrected chi connectivity index (χ4v) is 9.93. The summed E-state index contributed by atoms with van der Waals surface area (Å²) >= 11 is 0. The molecule has 0 aliphatic heterocycles. The molecule has 53 heavy (non-hydrogen) atoms. The lowest BCUT2D eigenvalue weighted by Crippen LogP contribution is -2.26. The second-order valence-electron chi connectivity index (χ2n) is 15.3. The summed E-state index contributed by atoms with van der Waals surface area (Å²) in [5, 5.41) is 0. The monoisotopic (exact) mass is 675 g/mol. The average molecular weight is 676 g/mol. The van der Waals surface area contributed by atoms with Gasteiger partial charge in [-0.2, -0.15) is 0 Å². The number of rotatable bonds is 4. The second kappa shape index (κ2) is 11.0. The molecule has 11 rings (SSSR count).